The Morgan fingerprint density at radius 3 is 2.36 bits per heavy atom. The molecule has 0 saturated carbocycles. The highest BCUT2D eigenvalue weighted by atomic mass is 32.3. The molecule has 0 fully saturated rings. The second-order valence-corrected chi connectivity index (χ2v) is 6.16. The Bertz CT molecular complexity index is 145. The summed E-state index contributed by atoms with van der Waals surface area (Å²) in [5.74, 6) is 0. The molecule has 0 aromatic carbocycles. The monoisotopic (exact) mass is 177 g/mol. The number of rotatable bonds is 4. The number of hydrogen-bond acceptors (Lipinski definition) is 1. The van der Waals surface area contributed by atoms with Crippen molar-refractivity contribution in [1.29, 1.82) is 5.26 Å². The number of nitriles is 1. The first kappa shape index (κ1) is 10.8. The Kier molecular flexibility index (Phi) is 4.51. The van der Waals surface area contributed by atoms with Crippen LogP contribution < -0.4 is 0 Å². The lowest BCUT2D eigenvalue weighted by molar-refractivity contribution is 0.723. The molecule has 0 aliphatic carbocycles. The van der Waals surface area contributed by atoms with Gasteiger partial charge in [0.2, 0.25) is 0 Å². The van der Waals surface area contributed by atoms with Crippen molar-refractivity contribution < 1.29 is 3.89 Å². The molecule has 0 bridgehead atoms. The fourth-order valence-corrected chi connectivity index (χ4v) is 1.84. The molecule has 0 aromatic rings. The van der Waals surface area contributed by atoms with Gasteiger partial charge in [0.1, 0.15) is 5.25 Å². The minimum Gasteiger partial charge on any atom is -0.197 e. The van der Waals surface area contributed by atoms with Gasteiger partial charge in [0.25, 0.3) is 0 Å². The summed E-state index contributed by atoms with van der Waals surface area (Å²) in [5, 5.41) is 8.26. The summed E-state index contributed by atoms with van der Waals surface area (Å²) < 4.78 is 13.2. The second-order valence-electron chi connectivity index (χ2n) is 3.04. The summed E-state index contributed by atoms with van der Waals surface area (Å²) >= 11 is 0. The molecule has 0 aliphatic heterocycles. The summed E-state index contributed by atoms with van der Waals surface area (Å²) in [6.07, 6.45) is 5.81. The van der Waals surface area contributed by atoms with Gasteiger partial charge in [-0.1, -0.05) is 30.2 Å². The minimum absolute atomic E-state index is 0.359. The van der Waals surface area contributed by atoms with E-state index >= 15 is 0 Å². The van der Waals surface area contributed by atoms with Crippen LogP contribution in [-0.2, 0) is 0 Å². The van der Waals surface area contributed by atoms with E-state index in [1.54, 1.807) is 12.5 Å². The predicted octanol–water partition coefficient (Wildman–Crippen LogP) is 3.02. The standard InChI is InChI=1S/C8H16FNS/c1-4-5-6-8(7-10)11(2,3)9/h8H,4-6H2,1-3H3. The van der Waals surface area contributed by atoms with Gasteiger partial charge < -0.3 is 0 Å². The largest absolute Gasteiger partial charge is 0.197 e. The van der Waals surface area contributed by atoms with Gasteiger partial charge in [-0.05, 0) is 18.9 Å². The highest BCUT2D eigenvalue weighted by Gasteiger charge is 2.22. The maximum absolute atomic E-state index is 13.2. The van der Waals surface area contributed by atoms with Crippen LogP contribution in [-0.4, -0.2) is 17.8 Å². The van der Waals surface area contributed by atoms with Crippen molar-refractivity contribution in [2.24, 2.45) is 0 Å². The van der Waals surface area contributed by atoms with Crippen molar-refractivity contribution in [3.8, 4) is 6.07 Å². The Hall–Kier alpha value is -0.230. The zero-order valence-corrected chi connectivity index (χ0v) is 8.25. The smallest absolute Gasteiger partial charge is 0.101 e. The van der Waals surface area contributed by atoms with Crippen LogP contribution >= 0.6 is 10.4 Å². The maximum atomic E-state index is 13.2. The summed E-state index contributed by atoms with van der Waals surface area (Å²) in [5.41, 5.74) is 0. The topological polar surface area (TPSA) is 23.8 Å². The quantitative estimate of drug-likeness (QED) is 0.647. The second kappa shape index (κ2) is 4.61. The summed E-state index contributed by atoms with van der Waals surface area (Å²) in [6, 6.07) is 2.04. The first-order valence-corrected chi connectivity index (χ1v) is 6.25. The molecule has 66 valence electrons. The molecule has 0 radical (unpaired) electrons. The van der Waals surface area contributed by atoms with Crippen LogP contribution in [0.5, 0.6) is 0 Å². The highest BCUT2D eigenvalue weighted by molar-refractivity contribution is 8.29. The van der Waals surface area contributed by atoms with Gasteiger partial charge >= 0.3 is 0 Å². The van der Waals surface area contributed by atoms with Gasteiger partial charge in [-0.25, -0.2) is 0 Å². The van der Waals surface area contributed by atoms with Gasteiger partial charge in [0.15, 0.2) is 0 Å². The van der Waals surface area contributed by atoms with Crippen molar-refractivity contribution in [1.82, 2.24) is 0 Å². The molecule has 0 amide bonds. The van der Waals surface area contributed by atoms with Crippen molar-refractivity contribution in [3.63, 3.8) is 0 Å². The maximum Gasteiger partial charge on any atom is 0.101 e. The molecule has 1 nitrogen and oxygen atoms in total. The van der Waals surface area contributed by atoms with E-state index in [4.69, 9.17) is 5.26 Å². The molecule has 0 aromatic heterocycles. The van der Waals surface area contributed by atoms with E-state index in [0.29, 0.717) is 6.42 Å². The fraction of sp³-hybridized carbons (Fsp3) is 0.875. The summed E-state index contributed by atoms with van der Waals surface area (Å²) in [6.45, 7) is 2.05. The molecule has 3 heteroatoms. The van der Waals surface area contributed by atoms with Crippen molar-refractivity contribution >= 4 is 10.4 Å². The van der Waals surface area contributed by atoms with E-state index in [2.05, 4.69) is 6.92 Å². The van der Waals surface area contributed by atoms with Gasteiger partial charge in [-0.3, -0.25) is 0 Å². The number of nitrogens with zero attached hydrogens (tertiary/aromatic N) is 1. The van der Waals surface area contributed by atoms with Crippen molar-refractivity contribution in [2.75, 3.05) is 12.5 Å². The van der Waals surface area contributed by atoms with Gasteiger partial charge in [0, 0.05) is 0 Å². The van der Waals surface area contributed by atoms with E-state index in [9.17, 15) is 3.89 Å². The van der Waals surface area contributed by atoms with E-state index in [1.807, 2.05) is 6.07 Å². The van der Waals surface area contributed by atoms with Crippen molar-refractivity contribution in [3.05, 3.63) is 0 Å². The third-order valence-corrected chi connectivity index (χ3v) is 3.33. The lowest BCUT2D eigenvalue weighted by Crippen LogP contribution is -2.10. The number of hydrogen-bond donors (Lipinski definition) is 0. The van der Waals surface area contributed by atoms with Crippen molar-refractivity contribution in [2.45, 2.75) is 31.4 Å². The van der Waals surface area contributed by atoms with Crippen LogP contribution in [0.3, 0.4) is 0 Å². The molecule has 0 aliphatic rings. The molecule has 0 saturated heterocycles. The molecular formula is C8H16FNS. The normalized spacial score (nSPS) is 15.5. The molecule has 0 N–H and O–H groups in total. The Morgan fingerprint density at radius 2 is 2.09 bits per heavy atom. The Morgan fingerprint density at radius 1 is 1.55 bits per heavy atom. The molecule has 11 heavy (non-hydrogen) atoms. The van der Waals surface area contributed by atoms with Crippen LogP contribution in [0, 0.1) is 11.3 Å². The minimum atomic E-state index is -2.15. The zero-order chi connectivity index (χ0) is 8.91. The van der Waals surface area contributed by atoms with Crippen LogP contribution in [0.15, 0.2) is 0 Å². The average molecular weight is 177 g/mol. The molecule has 1 unspecified atom stereocenters. The highest BCUT2D eigenvalue weighted by Crippen LogP contribution is 2.48. The summed E-state index contributed by atoms with van der Waals surface area (Å²) in [7, 11) is -2.15. The van der Waals surface area contributed by atoms with E-state index in [1.165, 1.54) is 0 Å². The molecule has 0 rings (SSSR count). The Balaban J connectivity index is 3.89. The third-order valence-electron chi connectivity index (χ3n) is 1.64. The van der Waals surface area contributed by atoms with E-state index in [0.717, 1.165) is 12.8 Å². The fourth-order valence-electron chi connectivity index (χ4n) is 0.860. The average Bonchev–Trinajstić information content (AvgIpc) is 1.87. The lowest BCUT2D eigenvalue weighted by Gasteiger charge is -2.25. The lowest BCUT2D eigenvalue weighted by atomic mass is 10.2. The van der Waals surface area contributed by atoms with E-state index in [-0.39, 0.29) is 5.25 Å². The SMILES string of the molecule is CCCCC(C#N)S(C)(C)F. The van der Waals surface area contributed by atoms with Crippen LogP contribution in [0.1, 0.15) is 26.2 Å². The van der Waals surface area contributed by atoms with Gasteiger partial charge in [-0.15, -0.1) is 0 Å². The Labute approximate surface area is 70.2 Å². The molecule has 0 heterocycles. The molecular weight excluding hydrogens is 161 g/mol. The van der Waals surface area contributed by atoms with Crippen LogP contribution in [0.25, 0.3) is 0 Å². The van der Waals surface area contributed by atoms with Gasteiger partial charge in [-0.2, -0.15) is 9.15 Å². The first-order valence-electron chi connectivity index (χ1n) is 3.83. The van der Waals surface area contributed by atoms with Crippen LogP contribution in [0.4, 0.5) is 3.89 Å². The van der Waals surface area contributed by atoms with E-state index < -0.39 is 10.4 Å². The summed E-state index contributed by atoms with van der Waals surface area (Å²) in [4.78, 5) is 0. The molecule has 0 spiro atoms. The number of halogens is 1. The number of unbranched alkanes of at least 4 members (excludes halogenated alkanes) is 1. The van der Waals surface area contributed by atoms with Crippen LogP contribution in [0.2, 0.25) is 0 Å². The first-order chi connectivity index (χ1) is 5.02. The zero-order valence-electron chi connectivity index (χ0n) is 7.43. The van der Waals surface area contributed by atoms with Gasteiger partial charge in [0.05, 0.1) is 6.07 Å². The third kappa shape index (κ3) is 4.26. The molecule has 1 atom stereocenters. The predicted molar refractivity (Wildman–Crippen MR) is 49.5 cm³/mol.